The van der Waals surface area contributed by atoms with E-state index in [9.17, 15) is 0 Å². The number of aryl methyl sites for hydroxylation is 1. The van der Waals surface area contributed by atoms with Crippen molar-refractivity contribution >= 4 is 18.0 Å². The summed E-state index contributed by atoms with van der Waals surface area (Å²) in [5.74, 6) is 1.00. The van der Waals surface area contributed by atoms with Gasteiger partial charge in [0.2, 0.25) is 5.95 Å². The molecule has 3 aromatic rings. The van der Waals surface area contributed by atoms with Gasteiger partial charge in [0.15, 0.2) is 0 Å². The number of nitrogen functional groups attached to an aromatic ring is 1. The minimum absolute atomic E-state index is 0.223. The van der Waals surface area contributed by atoms with E-state index in [2.05, 4.69) is 56.3 Å². The van der Waals surface area contributed by atoms with Crippen molar-refractivity contribution in [2.24, 2.45) is 12.0 Å². The summed E-state index contributed by atoms with van der Waals surface area (Å²) in [7, 11) is 3.91. The first-order valence-electron chi connectivity index (χ1n) is 8.54. The number of aromatic nitrogens is 4. The highest BCUT2D eigenvalue weighted by Gasteiger charge is 2.21. The van der Waals surface area contributed by atoms with Crippen LogP contribution in [0.4, 0.5) is 11.8 Å². The van der Waals surface area contributed by atoms with E-state index < -0.39 is 0 Å². The normalized spacial score (nSPS) is 17.5. The average Bonchev–Trinajstić information content (AvgIpc) is 2.99. The van der Waals surface area contributed by atoms with Gasteiger partial charge in [-0.2, -0.15) is 5.10 Å². The van der Waals surface area contributed by atoms with Crippen LogP contribution in [-0.4, -0.2) is 44.0 Å². The molecule has 1 aliphatic rings. The quantitative estimate of drug-likeness (QED) is 0.734. The molecule has 132 valence electrons. The van der Waals surface area contributed by atoms with Crippen molar-refractivity contribution in [2.45, 2.75) is 19.0 Å². The second kappa shape index (κ2) is 6.68. The number of nitrogens with zero attached hydrogens (tertiary/aromatic N) is 6. The van der Waals surface area contributed by atoms with Gasteiger partial charge in [-0.25, -0.2) is 15.0 Å². The van der Waals surface area contributed by atoms with E-state index in [1.54, 1.807) is 24.1 Å². The minimum atomic E-state index is 0.223. The molecule has 7 heteroatoms. The molecule has 1 atom stereocenters. The summed E-state index contributed by atoms with van der Waals surface area (Å²) in [6.45, 7) is 0.917. The predicted molar refractivity (Wildman–Crippen MR) is 102 cm³/mol. The van der Waals surface area contributed by atoms with Crippen molar-refractivity contribution in [1.82, 2.24) is 24.6 Å². The van der Waals surface area contributed by atoms with E-state index >= 15 is 0 Å². The van der Waals surface area contributed by atoms with Gasteiger partial charge in [0.1, 0.15) is 5.82 Å². The zero-order chi connectivity index (χ0) is 18.1. The Bertz CT molecular complexity index is 960. The van der Waals surface area contributed by atoms with Crippen LogP contribution in [-0.2, 0) is 20.0 Å². The highest BCUT2D eigenvalue weighted by Crippen LogP contribution is 2.24. The van der Waals surface area contributed by atoms with Crippen LogP contribution in [0.2, 0.25) is 0 Å². The third-order valence-corrected chi connectivity index (χ3v) is 4.80. The molecule has 26 heavy (non-hydrogen) atoms. The fraction of sp³-hybridized carbons (Fsp3) is 0.263. The average molecular weight is 347 g/mol. The van der Waals surface area contributed by atoms with Gasteiger partial charge in [-0.3, -0.25) is 9.58 Å². The third kappa shape index (κ3) is 3.09. The van der Waals surface area contributed by atoms with Crippen LogP contribution in [0.3, 0.4) is 0 Å². The van der Waals surface area contributed by atoms with Crippen molar-refractivity contribution < 1.29 is 0 Å². The van der Waals surface area contributed by atoms with Crippen molar-refractivity contribution in [3.8, 4) is 11.3 Å². The van der Waals surface area contributed by atoms with Crippen LogP contribution in [0.1, 0.15) is 11.1 Å². The van der Waals surface area contributed by atoms with Crippen LogP contribution in [0, 0.1) is 0 Å². The molecular formula is C19H21N7. The number of hydrogen-bond acceptors (Lipinski definition) is 6. The molecule has 1 aromatic carbocycles. The summed E-state index contributed by atoms with van der Waals surface area (Å²) in [4.78, 5) is 15.6. The molecule has 4 rings (SSSR count). The maximum atomic E-state index is 6.03. The molecule has 0 fully saturated rings. The fourth-order valence-electron chi connectivity index (χ4n) is 3.20. The van der Waals surface area contributed by atoms with Crippen LogP contribution in [0.15, 0.2) is 47.7 Å². The zero-order valence-corrected chi connectivity index (χ0v) is 14.9. The highest BCUT2D eigenvalue weighted by atomic mass is 15.3. The second-order valence-corrected chi connectivity index (χ2v) is 6.54. The number of rotatable bonds is 3. The molecule has 3 heterocycles. The van der Waals surface area contributed by atoms with Gasteiger partial charge in [-0.15, -0.1) is 0 Å². The third-order valence-electron chi connectivity index (χ3n) is 4.80. The summed E-state index contributed by atoms with van der Waals surface area (Å²) in [5, 5.41) is 4.16. The van der Waals surface area contributed by atoms with E-state index in [0.717, 1.165) is 24.2 Å². The molecule has 0 saturated carbocycles. The Morgan fingerprint density at radius 3 is 2.77 bits per heavy atom. The van der Waals surface area contributed by atoms with Gasteiger partial charge >= 0.3 is 0 Å². The highest BCUT2D eigenvalue weighted by molar-refractivity contribution is 5.72. The second-order valence-electron chi connectivity index (χ2n) is 6.54. The van der Waals surface area contributed by atoms with E-state index in [4.69, 9.17) is 5.73 Å². The SMILES string of the molecule is CN1Cc2ccccc2CC1/C=N/c1nccc(-c2cnn(C)c2N)n1. The number of fused-ring (bicyclic) bond motifs is 1. The zero-order valence-electron chi connectivity index (χ0n) is 14.9. The van der Waals surface area contributed by atoms with E-state index in [1.807, 2.05) is 12.3 Å². The molecule has 0 bridgehead atoms. The van der Waals surface area contributed by atoms with Gasteiger partial charge in [-0.1, -0.05) is 24.3 Å². The number of benzene rings is 1. The first-order chi connectivity index (χ1) is 12.6. The summed E-state index contributed by atoms with van der Waals surface area (Å²) in [5.41, 5.74) is 10.3. The first kappa shape index (κ1) is 16.4. The van der Waals surface area contributed by atoms with Crippen molar-refractivity contribution in [1.29, 1.82) is 0 Å². The molecule has 2 aromatic heterocycles. The van der Waals surface area contributed by atoms with E-state index in [0.29, 0.717) is 11.8 Å². The summed E-state index contributed by atoms with van der Waals surface area (Å²) in [6.07, 6.45) is 6.27. The molecule has 1 unspecified atom stereocenters. The van der Waals surface area contributed by atoms with Crippen LogP contribution < -0.4 is 5.73 Å². The standard InChI is InChI=1S/C19H21N7/c1-25-12-14-6-4-3-5-13(14)9-15(25)10-22-19-21-8-7-17(24-19)16-11-23-26(2)18(16)20/h3-8,10-11,15H,9,12,20H2,1-2H3/b22-10+. The smallest absolute Gasteiger partial charge is 0.249 e. The van der Waals surface area contributed by atoms with Crippen LogP contribution in [0.5, 0.6) is 0 Å². The van der Waals surface area contributed by atoms with Crippen LogP contribution in [0.25, 0.3) is 11.3 Å². The van der Waals surface area contributed by atoms with Crippen molar-refractivity contribution in [2.75, 3.05) is 12.8 Å². The monoisotopic (exact) mass is 347 g/mol. The number of nitrogens with two attached hydrogens (primary N) is 1. The Morgan fingerprint density at radius 2 is 2.00 bits per heavy atom. The lowest BCUT2D eigenvalue weighted by molar-refractivity contribution is 0.273. The fourth-order valence-corrected chi connectivity index (χ4v) is 3.20. The first-order valence-corrected chi connectivity index (χ1v) is 8.54. The van der Waals surface area contributed by atoms with Gasteiger partial charge in [0.05, 0.1) is 17.5 Å². The molecule has 2 N–H and O–H groups in total. The lowest BCUT2D eigenvalue weighted by Gasteiger charge is -2.31. The molecule has 0 radical (unpaired) electrons. The predicted octanol–water partition coefficient (Wildman–Crippen LogP) is 2.22. The Labute approximate surface area is 152 Å². The summed E-state index contributed by atoms with van der Waals surface area (Å²) >= 11 is 0. The summed E-state index contributed by atoms with van der Waals surface area (Å²) < 4.78 is 1.62. The Balaban J connectivity index is 1.56. The molecule has 7 nitrogen and oxygen atoms in total. The largest absolute Gasteiger partial charge is 0.383 e. The Kier molecular flexibility index (Phi) is 4.22. The number of aliphatic imine (C=N–C) groups is 1. The van der Waals surface area contributed by atoms with Gasteiger partial charge < -0.3 is 5.73 Å². The maximum absolute atomic E-state index is 6.03. The molecule has 0 saturated heterocycles. The molecular weight excluding hydrogens is 326 g/mol. The topological polar surface area (TPSA) is 85.2 Å². The maximum Gasteiger partial charge on any atom is 0.249 e. The number of anilines is 1. The Hall–Kier alpha value is -3.06. The van der Waals surface area contributed by atoms with E-state index in [-0.39, 0.29) is 6.04 Å². The molecule has 0 amide bonds. The number of likely N-dealkylation sites (N-methyl/N-ethyl adjacent to an activating group) is 1. The van der Waals surface area contributed by atoms with Gasteiger partial charge in [0.25, 0.3) is 0 Å². The van der Waals surface area contributed by atoms with Crippen molar-refractivity contribution in [3.05, 3.63) is 53.9 Å². The molecule has 0 aliphatic carbocycles. The number of hydrogen-bond donors (Lipinski definition) is 1. The van der Waals surface area contributed by atoms with Gasteiger partial charge in [-0.05, 0) is 30.7 Å². The van der Waals surface area contributed by atoms with E-state index in [1.165, 1.54) is 11.1 Å². The molecule has 0 spiro atoms. The lowest BCUT2D eigenvalue weighted by atomic mass is 9.95. The summed E-state index contributed by atoms with van der Waals surface area (Å²) in [6, 6.07) is 10.6. The van der Waals surface area contributed by atoms with Crippen LogP contribution >= 0.6 is 0 Å². The minimum Gasteiger partial charge on any atom is -0.383 e. The molecule has 1 aliphatic heterocycles. The van der Waals surface area contributed by atoms with Gasteiger partial charge in [0, 0.05) is 32.0 Å². The van der Waals surface area contributed by atoms with Crippen molar-refractivity contribution in [3.63, 3.8) is 0 Å². The Morgan fingerprint density at radius 1 is 1.19 bits per heavy atom. The lowest BCUT2D eigenvalue weighted by Crippen LogP contribution is -2.38.